The molecule has 1 aromatic rings. The van der Waals surface area contributed by atoms with E-state index in [1.54, 1.807) is 18.2 Å². The third kappa shape index (κ3) is 2.61. The van der Waals surface area contributed by atoms with E-state index in [0.29, 0.717) is 0 Å². The smallest absolute Gasteiger partial charge is 0.332 e. The van der Waals surface area contributed by atoms with Crippen molar-refractivity contribution < 1.29 is 9.90 Å². The molecule has 0 saturated carbocycles. The summed E-state index contributed by atoms with van der Waals surface area (Å²) in [6.07, 6.45) is 0. The van der Waals surface area contributed by atoms with Crippen LogP contribution < -0.4 is 0 Å². The molecule has 0 saturated heterocycles. The van der Waals surface area contributed by atoms with Crippen LogP contribution >= 0.6 is 58.0 Å². The van der Waals surface area contributed by atoms with Gasteiger partial charge >= 0.3 is 5.97 Å². The summed E-state index contributed by atoms with van der Waals surface area (Å²) in [6.45, 7) is 0. The fourth-order valence-corrected chi connectivity index (χ4v) is 2.33. The summed E-state index contributed by atoms with van der Waals surface area (Å²) in [7, 11) is 0. The van der Waals surface area contributed by atoms with Crippen LogP contribution in [0.4, 0.5) is 0 Å². The molecule has 94 valence electrons. The summed E-state index contributed by atoms with van der Waals surface area (Å²) in [6, 6.07) is 7.88. The average Bonchev–Trinajstić information content (AvgIpc) is 2.28. The summed E-state index contributed by atoms with van der Waals surface area (Å²) >= 11 is 29.1. The zero-order valence-corrected chi connectivity index (χ0v) is 12.0. The second kappa shape index (κ2) is 5.41. The van der Waals surface area contributed by atoms with E-state index in [0.717, 1.165) is 0 Å². The largest absolute Gasteiger partial charge is 0.480 e. The van der Waals surface area contributed by atoms with E-state index >= 15 is 0 Å². The summed E-state index contributed by atoms with van der Waals surface area (Å²) in [5.74, 6) is -1.43. The van der Waals surface area contributed by atoms with Gasteiger partial charge in [-0.05, 0) is 5.56 Å². The second-order valence-electron chi connectivity index (χ2n) is 3.25. The fourth-order valence-electron chi connectivity index (χ4n) is 1.28. The number of aliphatic carboxylic acids is 1. The van der Waals surface area contributed by atoms with Gasteiger partial charge in [-0.25, -0.2) is 4.79 Å². The van der Waals surface area contributed by atoms with Crippen molar-refractivity contribution in [2.45, 2.75) is 14.0 Å². The lowest BCUT2D eigenvalue weighted by atomic mass is 9.94. The minimum atomic E-state index is -2.13. The van der Waals surface area contributed by atoms with E-state index < -0.39 is 20.0 Å². The number of alkyl halides is 5. The van der Waals surface area contributed by atoms with Crippen LogP contribution in [-0.2, 0) is 9.67 Å². The lowest BCUT2D eigenvalue weighted by Gasteiger charge is -2.35. The number of benzene rings is 1. The van der Waals surface area contributed by atoms with E-state index in [1.165, 1.54) is 12.1 Å². The first-order valence-corrected chi connectivity index (χ1v) is 6.39. The molecule has 0 fully saturated rings. The minimum Gasteiger partial charge on any atom is -0.480 e. The maximum atomic E-state index is 11.4. The van der Waals surface area contributed by atoms with Gasteiger partial charge in [-0.2, -0.15) is 0 Å². The van der Waals surface area contributed by atoms with Gasteiger partial charge < -0.3 is 5.11 Å². The predicted molar refractivity (Wildman–Crippen MR) is 71.5 cm³/mol. The van der Waals surface area contributed by atoms with Gasteiger partial charge in [-0.1, -0.05) is 65.1 Å². The maximum Gasteiger partial charge on any atom is 0.332 e. The number of hydrogen-bond donors (Lipinski definition) is 1. The molecule has 0 amide bonds. The van der Waals surface area contributed by atoms with Crippen molar-refractivity contribution in [2.24, 2.45) is 0 Å². The first-order chi connectivity index (χ1) is 7.74. The Balaban J connectivity index is 3.40. The maximum absolute atomic E-state index is 11.4. The van der Waals surface area contributed by atoms with Crippen molar-refractivity contribution in [1.82, 2.24) is 0 Å². The van der Waals surface area contributed by atoms with Crippen LogP contribution in [0.25, 0.3) is 0 Å². The topological polar surface area (TPSA) is 37.3 Å². The number of carboxylic acids is 1. The highest BCUT2D eigenvalue weighted by Crippen LogP contribution is 2.51. The number of carboxylic acid groups (broad SMARTS) is 1. The van der Waals surface area contributed by atoms with Gasteiger partial charge in [0.2, 0.25) is 4.87 Å². The molecule has 7 heteroatoms. The van der Waals surface area contributed by atoms with Crippen molar-refractivity contribution in [2.75, 3.05) is 0 Å². The lowest BCUT2D eigenvalue weighted by molar-refractivity contribution is -0.140. The van der Waals surface area contributed by atoms with Crippen LogP contribution in [0.1, 0.15) is 5.56 Å². The first-order valence-electron chi connectivity index (χ1n) is 4.38. The Labute approximate surface area is 123 Å². The number of hydrogen-bond acceptors (Lipinski definition) is 1. The Morgan fingerprint density at radius 2 is 1.59 bits per heavy atom. The molecule has 2 nitrogen and oxygen atoms in total. The van der Waals surface area contributed by atoms with Gasteiger partial charge in [0, 0.05) is 0 Å². The lowest BCUT2D eigenvalue weighted by Crippen LogP contribution is -2.49. The van der Waals surface area contributed by atoms with Gasteiger partial charge in [-0.15, -0.1) is 23.2 Å². The van der Waals surface area contributed by atoms with Gasteiger partial charge in [0.05, 0.1) is 0 Å². The SMILES string of the molecule is O=C(O)C(Cl)(c1ccccc1)C(Cl)(Cl)C(Cl)Cl. The standard InChI is InChI=1S/C10H7Cl5O2/c11-7(12)10(14,15)9(13,8(16)17)6-4-2-1-3-5-6/h1-5,7H,(H,16,17). The highest BCUT2D eigenvalue weighted by atomic mass is 35.5. The zero-order chi connectivity index (χ0) is 13.3. The van der Waals surface area contributed by atoms with Crippen LogP contribution in [0, 0.1) is 0 Å². The molecule has 1 unspecified atom stereocenters. The average molecular weight is 336 g/mol. The van der Waals surface area contributed by atoms with E-state index in [1.807, 2.05) is 0 Å². The fraction of sp³-hybridized carbons (Fsp3) is 0.300. The molecule has 1 aromatic carbocycles. The van der Waals surface area contributed by atoms with E-state index in [-0.39, 0.29) is 5.56 Å². The Bertz CT molecular complexity index is 406. The molecule has 0 radical (unpaired) electrons. The molecule has 0 bridgehead atoms. The molecule has 0 heterocycles. The summed E-state index contributed by atoms with van der Waals surface area (Å²) in [5, 5.41) is 9.25. The number of rotatable bonds is 4. The van der Waals surface area contributed by atoms with Gasteiger partial charge in [0.15, 0.2) is 4.33 Å². The van der Waals surface area contributed by atoms with Gasteiger partial charge in [0.25, 0.3) is 0 Å². The number of halogens is 5. The van der Waals surface area contributed by atoms with Gasteiger partial charge in [0.1, 0.15) is 4.84 Å². The Kier molecular flexibility index (Phi) is 4.84. The van der Waals surface area contributed by atoms with Crippen molar-refractivity contribution in [3.63, 3.8) is 0 Å². The summed E-state index contributed by atoms with van der Waals surface area (Å²) in [5.41, 5.74) is 0.200. The van der Waals surface area contributed by atoms with Crippen molar-refractivity contribution >= 4 is 64.0 Å². The highest BCUT2D eigenvalue weighted by Gasteiger charge is 2.59. The van der Waals surface area contributed by atoms with Crippen molar-refractivity contribution in [1.29, 1.82) is 0 Å². The molecule has 1 rings (SSSR count). The van der Waals surface area contributed by atoms with Crippen LogP contribution in [-0.4, -0.2) is 20.2 Å². The Hall–Kier alpha value is 0.140. The Morgan fingerprint density at radius 1 is 1.12 bits per heavy atom. The molecule has 17 heavy (non-hydrogen) atoms. The van der Waals surface area contributed by atoms with Crippen molar-refractivity contribution in [3.8, 4) is 0 Å². The van der Waals surface area contributed by atoms with E-state index in [2.05, 4.69) is 0 Å². The molecule has 0 aliphatic carbocycles. The molecule has 0 aliphatic heterocycles. The highest BCUT2D eigenvalue weighted by molar-refractivity contribution is 6.64. The molecule has 1 N–H and O–H groups in total. The first kappa shape index (κ1) is 15.2. The molecular formula is C10H7Cl5O2. The van der Waals surface area contributed by atoms with Crippen LogP contribution in [0.15, 0.2) is 30.3 Å². The predicted octanol–water partition coefficient (Wildman–Crippen LogP) is 4.18. The molecule has 1 atom stereocenters. The van der Waals surface area contributed by atoms with Crippen LogP contribution in [0.2, 0.25) is 0 Å². The zero-order valence-electron chi connectivity index (χ0n) is 8.21. The Morgan fingerprint density at radius 3 is 1.94 bits per heavy atom. The quantitative estimate of drug-likeness (QED) is 0.838. The minimum absolute atomic E-state index is 0.200. The van der Waals surface area contributed by atoms with Gasteiger partial charge in [-0.3, -0.25) is 0 Å². The summed E-state index contributed by atoms with van der Waals surface area (Å²) < 4.78 is -2.08. The van der Waals surface area contributed by atoms with E-state index in [4.69, 9.17) is 58.0 Å². The molecule has 0 spiro atoms. The number of carbonyl (C=O) groups is 1. The normalized spacial score (nSPS) is 15.6. The molecular weight excluding hydrogens is 329 g/mol. The molecule has 0 aromatic heterocycles. The van der Waals surface area contributed by atoms with Crippen molar-refractivity contribution in [3.05, 3.63) is 35.9 Å². The third-order valence-corrected chi connectivity index (χ3v) is 5.18. The second-order valence-corrected chi connectivity index (χ2v) is 6.30. The molecule has 0 aliphatic rings. The monoisotopic (exact) mass is 334 g/mol. The third-order valence-electron chi connectivity index (χ3n) is 2.20. The van der Waals surface area contributed by atoms with E-state index in [9.17, 15) is 9.90 Å². The summed E-state index contributed by atoms with van der Waals surface area (Å²) in [4.78, 5) is 7.85. The van der Waals surface area contributed by atoms with Crippen LogP contribution in [0.3, 0.4) is 0 Å². The van der Waals surface area contributed by atoms with Crippen LogP contribution in [0.5, 0.6) is 0 Å².